The highest BCUT2D eigenvalue weighted by atomic mass is 19.1. The van der Waals surface area contributed by atoms with Gasteiger partial charge in [-0.3, -0.25) is 0 Å². The van der Waals surface area contributed by atoms with Crippen LogP contribution in [-0.4, -0.2) is 12.1 Å². The molecule has 3 rings (SSSR count). The molecule has 26 heavy (non-hydrogen) atoms. The van der Waals surface area contributed by atoms with Crippen LogP contribution in [-0.2, 0) is 13.2 Å². The van der Waals surface area contributed by atoms with Crippen LogP contribution in [0.15, 0.2) is 52.9 Å². The highest BCUT2D eigenvalue weighted by Gasteiger charge is 2.13. The summed E-state index contributed by atoms with van der Waals surface area (Å²) in [4.78, 5) is 4.09. The molecule has 1 aromatic heterocycles. The Morgan fingerprint density at radius 3 is 2.46 bits per heavy atom. The normalized spacial score (nSPS) is 10.2. The Balaban J connectivity index is 1.62. The van der Waals surface area contributed by atoms with Crippen molar-refractivity contribution in [1.29, 1.82) is 5.26 Å². The van der Waals surface area contributed by atoms with E-state index in [4.69, 9.17) is 13.9 Å². The van der Waals surface area contributed by atoms with Crippen molar-refractivity contribution in [3.05, 3.63) is 71.5 Å². The van der Waals surface area contributed by atoms with Gasteiger partial charge in [-0.05, 0) is 42.0 Å². The van der Waals surface area contributed by atoms with E-state index in [1.54, 1.807) is 7.11 Å². The molecule has 0 fully saturated rings. The number of ether oxygens (including phenoxy) is 2. The van der Waals surface area contributed by atoms with Crippen LogP contribution in [0.3, 0.4) is 0 Å². The minimum Gasteiger partial charge on any atom is -0.497 e. The van der Waals surface area contributed by atoms with Crippen LogP contribution >= 0.6 is 0 Å². The topological polar surface area (TPSA) is 80.3 Å². The molecular formula is C19H16FN3O3. The Bertz CT molecular complexity index is 899. The Kier molecular flexibility index (Phi) is 5.34. The molecule has 0 amide bonds. The highest BCUT2D eigenvalue weighted by Crippen LogP contribution is 2.20. The zero-order valence-corrected chi connectivity index (χ0v) is 14.0. The summed E-state index contributed by atoms with van der Waals surface area (Å²) in [5.74, 6) is 1.44. The first kappa shape index (κ1) is 17.3. The number of nitrogens with zero attached hydrogens (tertiary/aromatic N) is 2. The number of oxazole rings is 1. The molecule has 0 unspecified atom stereocenters. The Hall–Kier alpha value is -3.53. The molecule has 6 nitrogen and oxygen atoms in total. The van der Waals surface area contributed by atoms with E-state index >= 15 is 0 Å². The van der Waals surface area contributed by atoms with Crippen molar-refractivity contribution in [2.45, 2.75) is 13.2 Å². The van der Waals surface area contributed by atoms with E-state index in [-0.39, 0.29) is 29.9 Å². The maximum absolute atomic E-state index is 12.9. The lowest BCUT2D eigenvalue weighted by Crippen LogP contribution is -1.99. The second-order valence-electron chi connectivity index (χ2n) is 5.34. The average molecular weight is 353 g/mol. The third-order valence-corrected chi connectivity index (χ3v) is 3.57. The summed E-state index contributed by atoms with van der Waals surface area (Å²) < 4.78 is 29.0. The van der Waals surface area contributed by atoms with Crippen molar-refractivity contribution in [3.63, 3.8) is 0 Å². The zero-order valence-electron chi connectivity index (χ0n) is 14.0. The maximum Gasteiger partial charge on any atom is 0.236 e. The second kappa shape index (κ2) is 8.03. The lowest BCUT2D eigenvalue weighted by atomic mass is 10.2. The summed E-state index contributed by atoms with van der Waals surface area (Å²) in [6, 6.07) is 15.1. The van der Waals surface area contributed by atoms with Gasteiger partial charge in [-0.25, -0.2) is 4.39 Å². The largest absolute Gasteiger partial charge is 0.497 e. The third kappa shape index (κ3) is 4.30. The minimum absolute atomic E-state index is 0.0323. The number of hydrogen-bond acceptors (Lipinski definition) is 6. The monoisotopic (exact) mass is 353 g/mol. The first-order valence-corrected chi connectivity index (χ1v) is 7.83. The van der Waals surface area contributed by atoms with Gasteiger partial charge in [0.25, 0.3) is 0 Å². The van der Waals surface area contributed by atoms with E-state index in [2.05, 4.69) is 10.3 Å². The predicted molar refractivity (Wildman–Crippen MR) is 92.3 cm³/mol. The fourth-order valence-electron chi connectivity index (χ4n) is 2.22. The van der Waals surface area contributed by atoms with Crippen molar-refractivity contribution in [2.75, 3.05) is 12.4 Å². The molecule has 0 atom stereocenters. The number of nitrogens with one attached hydrogen (secondary N) is 1. The van der Waals surface area contributed by atoms with Crippen LogP contribution in [0, 0.1) is 17.1 Å². The van der Waals surface area contributed by atoms with Crippen LogP contribution in [0.25, 0.3) is 0 Å². The Morgan fingerprint density at radius 1 is 1.12 bits per heavy atom. The number of aromatic nitrogens is 1. The van der Waals surface area contributed by atoms with Crippen molar-refractivity contribution < 1.29 is 18.3 Å². The van der Waals surface area contributed by atoms with Gasteiger partial charge in [0.2, 0.25) is 17.5 Å². The van der Waals surface area contributed by atoms with Crippen LogP contribution in [0.1, 0.15) is 17.1 Å². The highest BCUT2D eigenvalue weighted by molar-refractivity contribution is 5.46. The molecule has 0 saturated carbocycles. The van der Waals surface area contributed by atoms with Gasteiger partial charge in [0.1, 0.15) is 23.4 Å². The van der Waals surface area contributed by atoms with Crippen LogP contribution in [0.4, 0.5) is 10.3 Å². The van der Waals surface area contributed by atoms with Crippen molar-refractivity contribution in [3.8, 4) is 17.6 Å². The van der Waals surface area contributed by atoms with Crippen LogP contribution in [0.2, 0.25) is 0 Å². The molecule has 7 heteroatoms. The number of nitriles is 1. The lowest BCUT2D eigenvalue weighted by Gasteiger charge is -2.05. The van der Waals surface area contributed by atoms with E-state index in [9.17, 15) is 9.65 Å². The summed E-state index contributed by atoms with van der Waals surface area (Å²) in [5.41, 5.74) is 1.14. The van der Waals surface area contributed by atoms with Gasteiger partial charge >= 0.3 is 0 Å². The predicted octanol–water partition coefficient (Wildman–Crippen LogP) is 3.89. The number of halogens is 1. The van der Waals surface area contributed by atoms with Crippen molar-refractivity contribution in [1.82, 2.24) is 4.98 Å². The molecule has 1 N–H and O–H groups in total. The summed E-state index contributed by atoms with van der Waals surface area (Å²) in [5, 5.41) is 12.2. The first-order chi connectivity index (χ1) is 12.7. The molecule has 1 heterocycles. The minimum atomic E-state index is -0.342. The maximum atomic E-state index is 12.9. The van der Waals surface area contributed by atoms with Gasteiger partial charge in [0, 0.05) is 6.54 Å². The number of benzene rings is 2. The van der Waals surface area contributed by atoms with E-state index in [1.807, 2.05) is 30.3 Å². The van der Waals surface area contributed by atoms with Gasteiger partial charge in [-0.2, -0.15) is 10.2 Å². The molecule has 0 radical (unpaired) electrons. The molecule has 0 aliphatic rings. The fraction of sp³-hybridized carbons (Fsp3) is 0.158. The SMILES string of the molecule is COc1ccc(CNc2oc(COc3ccc(F)cc3)nc2C#N)cc1. The summed E-state index contributed by atoms with van der Waals surface area (Å²) in [6.07, 6.45) is 0. The molecular weight excluding hydrogens is 337 g/mol. The molecule has 0 saturated heterocycles. The van der Waals surface area contributed by atoms with Gasteiger partial charge < -0.3 is 19.2 Å². The smallest absolute Gasteiger partial charge is 0.236 e. The standard InChI is InChI=1S/C19H16FN3O3/c1-24-15-6-2-13(3-7-15)11-22-19-17(10-21)23-18(26-19)12-25-16-8-4-14(20)5-9-16/h2-9,22H,11-12H2,1H3. The number of methoxy groups -OCH3 is 1. The molecule has 2 aromatic carbocycles. The van der Waals surface area contributed by atoms with E-state index in [0.717, 1.165) is 11.3 Å². The molecule has 132 valence electrons. The number of hydrogen-bond donors (Lipinski definition) is 1. The van der Waals surface area contributed by atoms with Gasteiger partial charge in [0.05, 0.1) is 7.11 Å². The summed E-state index contributed by atoms with van der Waals surface area (Å²) in [7, 11) is 1.61. The van der Waals surface area contributed by atoms with Crippen LogP contribution in [0.5, 0.6) is 11.5 Å². The van der Waals surface area contributed by atoms with Crippen LogP contribution < -0.4 is 14.8 Å². The fourth-order valence-corrected chi connectivity index (χ4v) is 2.22. The first-order valence-electron chi connectivity index (χ1n) is 7.83. The quantitative estimate of drug-likeness (QED) is 0.694. The van der Waals surface area contributed by atoms with Gasteiger partial charge in [-0.1, -0.05) is 12.1 Å². The van der Waals surface area contributed by atoms with Gasteiger partial charge in [-0.15, -0.1) is 0 Å². The van der Waals surface area contributed by atoms with E-state index in [1.165, 1.54) is 24.3 Å². The number of rotatable bonds is 7. The molecule has 0 aliphatic heterocycles. The van der Waals surface area contributed by atoms with Crippen molar-refractivity contribution >= 4 is 5.88 Å². The average Bonchev–Trinajstić information content (AvgIpc) is 3.08. The molecule has 3 aromatic rings. The van der Waals surface area contributed by atoms with Gasteiger partial charge in [0.15, 0.2) is 6.61 Å². The van der Waals surface area contributed by atoms with E-state index < -0.39 is 0 Å². The number of anilines is 1. The molecule has 0 bridgehead atoms. The zero-order chi connectivity index (χ0) is 18.4. The molecule has 0 spiro atoms. The lowest BCUT2D eigenvalue weighted by molar-refractivity contribution is 0.264. The molecule has 0 aliphatic carbocycles. The Morgan fingerprint density at radius 2 is 1.81 bits per heavy atom. The van der Waals surface area contributed by atoms with Crippen molar-refractivity contribution in [2.24, 2.45) is 0 Å². The second-order valence-corrected chi connectivity index (χ2v) is 5.34. The van der Waals surface area contributed by atoms with E-state index in [0.29, 0.717) is 12.3 Å². The Labute approximate surface area is 149 Å². The summed E-state index contributed by atoms with van der Waals surface area (Å²) in [6.45, 7) is 0.497. The third-order valence-electron chi connectivity index (χ3n) is 3.57. The summed E-state index contributed by atoms with van der Waals surface area (Å²) >= 11 is 0.